The van der Waals surface area contributed by atoms with Crippen LogP contribution in [0.1, 0.15) is 26.8 Å². The average Bonchev–Trinajstić information content (AvgIpc) is 3.26. The van der Waals surface area contributed by atoms with Gasteiger partial charge in [0.2, 0.25) is 0 Å². The summed E-state index contributed by atoms with van der Waals surface area (Å²) in [6.45, 7) is -3.21. The van der Waals surface area contributed by atoms with Gasteiger partial charge in [-0.15, -0.1) is 11.3 Å². The molecule has 0 aliphatic heterocycles. The van der Waals surface area contributed by atoms with Gasteiger partial charge in [0.25, 0.3) is 11.6 Å². The minimum Gasteiger partial charge on any atom is -0.493 e. The fourth-order valence-corrected chi connectivity index (χ4v) is 3.66. The molecule has 0 bridgehead atoms. The van der Waals surface area contributed by atoms with Crippen LogP contribution in [0.4, 0.5) is 14.5 Å². The summed E-state index contributed by atoms with van der Waals surface area (Å²) in [6.07, 6.45) is 0. The highest BCUT2D eigenvalue weighted by molar-refractivity contribution is 7.10. The van der Waals surface area contributed by atoms with Crippen molar-refractivity contribution in [2.24, 2.45) is 0 Å². The Morgan fingerprint density at radius 1 is 1.13 bits per heavy atom. The predicted molar refractivity (Wildman–Crippen MR) is 106 cm³/mol. The van der Waals surface area contributed by atoms with Crippen molar-refractivity contribution in [3.8, 4) is 11.5 Å². The fourth-order valence-electron chi connectivity index (χ4n) is 2.86. The van der Waals surface area contributed by atoms with Gasteiger partial charge in [0.15, 0.2) is 11.5 Å². The van der Waals surface area contributed by atoms with E-state index in [4.69, 9.17) is 4.74 Å². The first-order valence-corrected chi connectivity index (χ1v) is 9.49. The van der Waals surface area contributed by atoms with Crippen LogP contribution >= 0.6 is 11.3 Å². The van der Waals surface area contributed by atoms with Crippen molar-refractivity contribution in [3.05, 3.63) is 86.1 Å². The molecule has 156 valence electrons. The first-order chi connectivity index (χ1) is 14.4. The lowest BCUT2D eigenvalue weighted by molar-refractivity contribution is -0.385. The third kappa shape index (κ3) is 4.71. The smallest absolute Gasteiger partial charge is 0.387 e. The molecule has 1 atom stereocenters. The molecule has 0 aliphatic carbocycles. The molecule has 1 unspecified atom stereocenters. The van der Waals surface area contributed by atoms with E-state index < -0.39 is 34.9 Å². The van der Waals surface area contributed by atoms with Crippen molar-refractivity contribution in [3.63, 3.8) is 0 Å². The number of hydrogen-bond acceptors (Lipinski definition) is 6. The quantitative estimate of drug-likeness (QED) is 0.407. The molecule has 30 heavy (non-hydrogen) atoms. The predicted octanol–water partition coefficient (Wildman–Crippen LogP) is 4.79. The van der Waals surface area contributed by atoms with Crippen LogP contribution in [0.15, 0.2) is 60.0 Å². The summed E-state index contributed by atoms with van der Waals surface area (Å²) in [7, 11) is 1.18. The number of nitro benzene ring substituents is 1. The van der Waals surface area contributed by atoms with Crippen LogP contribution in [0.2, 0.25) is 0 Å². The average molecular weight is 434 g/mol. The van der Waals surface area contributed by atoms with E-state index in [0.717, 1.165) is 22.6 Å². The van der Waals surface area contributed by atoms with Crippen LogP contribution in [0.3, 0.4) is 0 Å². The van der Waals surface area contributed by atoms with Gasteiger partial charge in [-0.3, -0.25) is 14.9 Å². The first-order valence-electron chi connectivity index (χ1n) is 8.61. The van der Waals surface area contributed by atoms with Crippen molar-refractivity contribution in [2.45, 2.75) is 12.7 Å². The van der Waals surface area contributed by atoms with Crippen LogP contribution in [0.5, 0.6) is 11.5 Å². The molecule has 7 nitrogen and oxygen atoms in total. The van der Waals surface area contributed by atoms with Crippen LogP contribution in [-0.2, 0) is 0 Å². The third-order valence-electron chi connectivity index (χ3n) is 4.18. The number of rotatable bonds is 8. The zero-order chi connectivity index (χ0) is 21.7. The largest absolute Gasteiger partial charge is 0.493 e. The highest BCUT2D eigenvalue weighted by atomic mass is 32.1. The van der Waals surface area contributed by atoms with Gasteiger partial charge in [-0.25, -0.2) is 0 Å². The van der Waals surface area contributed by atoms with E-state index in [0.29, 0.717) is 0 Å². The molecule has 3 rings (SSSR count). The molecule has 1 N–H and O–H groups in total. The zero-order valence-electron chi connectivity index (χ0n) is 15.6. The number of methoxy groups -OCH3 is 1. The molecule has 0 aliphatic rings. The number of nitrogens with zero attached hydrogens (tertiary/aromatic N) is 1. The normalized spacial score (nSPS) is 11.7. The van der Waals surface area contributed by atoms with Gasteiger partial charge in [-0.2, -0.15) is 8.78 Å². The number of alkyl halides is 2. The summed E-state index contributed by atoms with van der Waals surface area (Å²) in [5, 5.41) is 16.1. The summed E-state index contributed by atoms with van der Waals surface area (Å²) < 4.78 is 34.5. The maximum Gasteiger partial charge on any atom is 0.387 e. The number of carbonyl (C=O) groups is 1. The van der Waals surface area contributed by atoms with Crippen LogP contribution < -0.4 is 14.8 Å². The van der Waals surface area contributed by atoms with Crippen molar-refractivity contribution in [2.75, 3.05) is 7.11 Å². The lowest BCUT2D eigenvalue weighted by Gasteiger charge is -2.19. The van der Waals surface area contributed by atoms with E-state index >= 15 is 0 Å². The van der Waals surface area contributed by atoms with Gasteiger partial charge in [-0.05, 0) is 17.0 Å². The Morgan fingerprint density at radius 2 is 1.87 bits per heavy atom. The third-order valence-corrected chi connectivity index (χ3v) is 5.11. The van der Waals surface area contributed by atoms with Gasteiger partial charge >= 0.3 is 6.61 Å². The van der Waals surface area contributed by atoms with Crippen LogP contribution in [0, 0.1) is 10.1 Å². The molecular weight excluding hydrogens is 418 g/mol. The number of ether oxygens (including phenoxy) is 2. The molecular formula is C20H16F2N2O5S. The Morgan fingerprint density at radius 3 is 2.43 bits per heavy atom. The van der Waals surface area contributed by atoms with Crippen LogP contribution in [0.25, 0.3) is 0 Å². The Bertz CT molecular complexity index is 1030. The highest BCUT2D eigenvalue weighted by Crippen LogP contribution is 2.36. The van der Waals surface area contributed by atoms with E-state index in [1.807, 2.05) is 47.8 Å². The van der Waals surface area contributed by atoms with Gasteiger partial charge in [0.05, 0.1) is 24.1 Å². The van der Waals surface area contributed by atoms with E-state index in [2.05, 4.69) is 10.1 Å². The van der Waals surface area contributed by atoms with Crippen molar-refractivity contribution < 1.29 is 28.0 Å². The molecule has 0 saturated heterocycles. The van der Waals surface area contributed by atoms with Gasteiger partial charge < -0.3 is 14.8 Å². The topological polar surface area (TPSA) is 90.7 Å². The summed E-state index contributed by atoms with van der Waals surface area (Å²) in [5.41, 5.74) is -0.238. The number of amides is 1. The lowest BCUT2D eigenvalue weighted by atomic mass is 10.0. The van der Waals surface area contributed by atoms with E-state index in [1.165, 1.54) is 18.4 Å². The molecule has 0 spiro atoms. The number of halogens is 2. The number of nitrogens with one attached hydrogen (secondary N) is 1. The summed E-state index contributed by atoms with van der Waals surface area (Å²) in [6, 6.07) is 14.0. The summed E-state index contributed by atoms with van der Waals surface area (Å²) in [4.78, 5) is 24.5. The Balaban J connectivity index is 2.01. The monoisotopic (exact) mass is 434 g/mol. The number of hydrogen-bond donors (Lipinski definition) is 1. The second kappa shape index (κ2) is 9.31. The zero-order valence-corrected chi connectivity index (χ0v) is 16.4. The second-order valence-electron chi connectivity index (χ2n) is 5.99. The Labute approximate surface area is 174 Å². The van der Waals surface area contributed by atoms with Crippen molar-refractivity contribution in [1.29, 1.82) is 0 Å². The molecule has 0 radical (unpaired) electrons. The molecule has 2 aromatic carbocycles. The van der Waals surface area contributed by atoms with Crippen molar-refractivity contribution in [1.82, 2.24) is 5.32 Å². The number of nitro groups is 1. The molecule has 0 fully saturated rings. The first kappa shape index (κ1) is 21.2. The molecule has 1 amide bonds. The Kier molecular flexibility index (Phi) is 6.58. The van der Waals surface area contributed by atoms with Gasteiger partial charge in [0, 0.05) is 10.9 Å². The minimum absolute atomic E-state index is 0.224. The molecule has 1 heterocycles. The fraction of sp³-hybridized carbons (Fsp3) is 0.150. The van der Waals surface area contributed by atoms with E-state index in [1.54, 1.807) is 0 Å². The van der Waals surface area contributed by atoms with E-state index in [-0.39, 0.29) is 11.3 Å². The van der Waals surface area contributed by atoms with Gasteiger partial charge in [-0.1, -0.05) is 36.4 Å². The van der Waals surface area contributed by atoms with E-state index in [9.17, 15) is 23.7 Å². The molecule has 1 aromatic heterocycles. The molecule has 3 aromatic rings. The molecule has 0 saturated carbocycles. The SMILES string of the molecule is COc1cc(C(=O)NC(c2ccccc2)c2cccs2)c([N+](=O)[O-])cc1OC(F)F. The second-order valence-corrected chi connectivity index (χ2v) is 6.97. The maximum absolute atomic E-state index is 13.0. The molecule has 10 heteroatoms. The lowest BCUT2D eigenvalue weighted by Crippen LogP contribution is -2.29. The Hall–Kier alpha value is -3.53. The summed E-state index contributed by atoms with van der Waals surface area (Å²) in [5.74, 6) is -1.52. The number of thiophene rings is 1. The maximum atomic E-state index is 13.0. The van der Waals surface area contributed by atoms with Gasteiger partial charge in [0.1, 0.15) is 5.56 Å². The highest BCUT2D eigenvalue weighted by Gasteiger charge is 2.28. The standard InChI is InChI=1S/C20H16F2N2O5S/c1-28-15-10-13(14(24(26)27)11-16(15)29-20(21)22)19(25)23-18(17-8-5-9-30-17)12-6-3-2-4-7-12/h2-11,18,20H,1H3,(H,23,25). The number of carbonyl (C=O) groups excluding carboxylic acids is 1. The van der Waals surface area contributed by atoms with Crippen LogP contribution in [-0.4, -0.2) is 24.6 Å². The number of benzene rings is 2. The minimum atomic E-state index is -3.21. The summed E-state index contributed by atoms with van der Waals surface area (Å²) >= 11 is 1.41. The van der Waals surface area contributed by atoms with Crippen molar-refractivity contribution >= 4 is 22.9 Å².